The number of likely N-dealkylation sites (N-methyl/N-ethyl adjacent to an activating group) is 1. The minimum Gasteiger partial charge on any atom is -0.317 e. The van der Waals surface area contributed by atoms with Crippen LogP contribution in [0.2, 0.25) is 0 Å². The Kier molecular flexibility index (Phi) is 5.63. The highest BCUT2D eigenvalue weighted by Gasteiger charge is 2.49. The molecular weight excluding hydrogens is 386 g/mol. The number of likely N-dealkylation sites (tertiary alicyclic amines) is 2. The highest BCUT2D eigenvalue weighted by molar-refractivity contribution is 5.62. The summed E-state index contributed by atoms with van der Waals surface area (Å²) in [5, 5.41) is 16.4. The second-order valence-electron chi connectivity index (χ2n) is 9.41. The number of aryl methyl sites for hydroxylation is 1. The Bertz CT molecular complexity index is 984. The van der Waals surface area contributed by atoms with Gasteiger partial charge in [-0.15, -0.1) is 10.2 Å². The first-order valence-electron chi connectivity index (χ1n) is 11.5. The molecule has 7 nitrogen and oxygen atoms in total. The van der Waals surface area contributed by atoms with Crippen molar-refractivity contribution in [2.24, 2.45) is 5.41 Å². The molecule has 0 bridgehead atoms. The molecule has 164 valence electrons. The van der Waals surface area contributed by atoms with Crippen molar-refractivity contribution in [1.82, 2.24) is 34.8 Å². The van der Waals surface area contributed by atoms with E-state index in [1.807, 2.05) is 12.5 Å². The molecule has 5 rings (SSSR count). The van der Waals surface area contributed by atoms with Crippen molar-refractivity contribution in [3.05, 3.63) is 54.2 Å². The normalized spacial score (nSPS) is 21.8. The van der Waals surface area contributed by atoms with Crippen LogP contribution in [0.3, 0.4) is 0 Å². The van der Waals surface area contributed by atoms with Gasteiger partial charge in [0, 0.05) is 37.7 Å². The average molecular weight is 420 g/mol. The Hall–Kier alpha value is -2.51. The molecule has 0 radical (unpaired) electrons. The molecule has 7 heteroatoms. The minimum atomic E-state index is 0.308. The number of aromatic nitrogens is 5. The summed E-state index contributed by atoms with van der Waals surface area (Å²) < 4.78 is 2.29. The third-order valence-electron chi connectivity index (χ3n) is 7.27. The fourth-order valence-electron chi connectivity index (χ4n) is 5.71. The Morgan fingerprint density at radius 1 is 1.16 bits per heavy atom. The van der Waals surface area contributed by atoms with E-state index in [2.05, 4.69) is 79.1 Å². The zero-order chi connectivity index (χ0) is 21.3. The molecule has 2 aliphatic rings. The van der Waals surface area contributed by atoms with Crippen molar-refractivity contribution in [3.63, 3.8) is 0 Å². The largest absolute Gasteiger partial charge is 0.317 e. The van der Waals surface area contributed by atoms with Crippen LogP contribution >= 0.6 is 0 Å². The molecule has 2 saturated heterocycles. The summed E-state index contributed by atoms with van der Waals surface area (Å²) in [5.74, 6) is 1.67. The van der Waals surface area contributed by atoms with Crippen LogP contribution in [-0.4, -0.2) is 68.0 Å². The van der Waals surface area contributed by atoms with E-state index in [4.69, 9.17) is 0 Å². The van der Waals surface area contributed by atoms with Gasteiger partial charge in [-0.05, 0) is 50.4 Å². The molecule has 0 aliphatic carbocycles. The topological polar surface area (TPSA) is 65.9 Å². The highest BCUT2D eigenvalue weighted by Crippen LogP contribution is 2.49. The van der Waals surface area contributed by atoms with Gasteiger partial charge in [-0.2, -0.15) is 5.10 Å². The second-order valence-corrected chi connectivity index (χ2v) is 9.41. The molecule has 31 heavy (non-hydrogen) atoms. The molecule has 2 aromatic heterocycles. The smallest absolute Gasteiger partial charge is 0.137 e. The van der Waals surface area contributed by atoms with Crippen molar-refractivity contribution in [2.75, 3.05) is 33.2 Å². The number of hydrogen-bond acceptors (Lipinski definition) is 5. The Morgan fingerprint density at radius 2 is 1.97 bits per heavy atom. The maximum Gasteiger partial charge on any atom is 0.137 e. The molecule has 1 spiro atoms. The van der Waals surface area contributed by atoms with Crippen molar-refractivity contribution in [3.8, 4) is 11.3 Å². The van der Waals surface area contributed by atoms with Crippen molar-refractivity contribution in [1.29, 1.82) is 0 Å². The van der Waals surface area contributed by atoms with Crippen LogP contribution < -0.4 is 0 Å². The Labute approximate surface area is 184 Å². The quantitative estimate of drug-likeness (QED) is 0.663. The van der Waals surface area contributed by atoms with Crippen LogP contribution in [0.4, 0.5) is 0 Å². The average Bonchev–Trinajstić information content (AvgIpc) is 3.50. The van der Waals surface area contributed by atoms with Gasteiger partial charge < -0.3 is 9.47 Å². The standard InChI is InChI=1S/C24H33N7/c1-3-11-31-18-26-28-23(31)21-16-29(2)17-24(21)9-12-30(13-10-24)15-20-14-25-27-22(20)19-7-5-4-6-8-19/h4-8,14,18,21H,3,9-13,15-17H2,1-2H3,(H,25,27). The van der Waals surface area contributed by atoms with Gasteiger partial charge in [-0.25, -0.2) is 0 Å². The fraction of sp³-hybridized carbons (Fsp3) is 0.542. The van der Waals surface area contributed by atoms with E-state index in [9.17, 15) is 0 Å². The molecule has 2 aliphatic heterocycles. The molecule has 3 aromatic rings. The lowest BCUT2D eigenvalue weighted by Gasteiger charge is -2.42. The zero-order valence-corrected chi connectivity index (χ0v) is 18.7. The lowest BCUT2D eigenvalue weighted by atomic mass is 9.70. The van der Waals surface area contributed by atoms with E-state index in [1.54, 1.807) is 0 Å². The number of H-pyrrole nitrogens is 1. The Morgan fingerprint density at radius 3 is 2.74 bits per heavy atom. The number of hydrogen-bond donors (Lipinski definition) is 1. The van der Waals surface area contributed by atoms with Crippen LogP contribution in [0.25, 0.3) is 11.3 Å². The third-order valence-corrected chi connectivity index (χ3v) is 7.27. The predicted molar refractivity (Wildman–Crippen MR) is 122 cm³/mol. The van der Waals surface area contributed by atoms with E-state index in [1.165, 1.54) is 29.8 Å². The van der Waals surface area contributed by atoms with Gasteiger partial charge in [0.25, 0.3) is 0 Å². The number of nitrogens with zero attached hydrogens (tertiary/aromatic N) is 6. The maximum atomic E-state index is 4.59. The molecule has 1 aromatic carbocycles. The van der Waals surface area contributed by atoms with Gasteiger partial charge in [0.1, 0.15) is 12.2 Å². The maximum absolute atomic E-state index is 4.59. The van der Waals surface area contributed by atoms with Crippen LogP contribution in [0, 0.1) is 5.41 Å². The van der Waals surface area contributed by atoms with Gasteiger partial charge >= 0.3 is 0 Å². The van der Waals surface area contributed by atoms with Gasteiger partial charge in [0.2, 0.25) is 0 Å². The molecule has 1 N–H and O–H groups in total. The van der Waals surface area contributed by atoms with Gasteiger partial charge in [-0.3, -0.25) is 10.00 Å². The minimum absolute atomic E-state index is 0.308. The monoisotopic (exact) mass is 419 g/mol. The van der Waals surface area contributed by atoms with Crippen LogP contribution in [-0.2, 0) is 13.1 Å². The van der Waals surface area contributed by atoms with Gasteiger partial charge in [0.15, 0.2) is 0 Å². The molecular formula is C24H33N7. The summed E-state index contributed by atoms with van der Waals surface area (Å²) >= 11 is 0. The molecule has 0 saturated carbocycles. The second kappa shape index (κ2) is 8.55. The van der Waals surface area contributed by atoms with Gasteiger partial charge in [-0.1, -0.05) is 37.3 Å². The van der Waals surface area contributed by atoms with Crippen molar-refractivity contribution >= 4 is 0 Å². The number of aromatic amines is 1. The van der Waals surface area contributed by atoms with E-state index >= 15 is 0 Å². The van der Waals surface area contributed by atoms with E-state index in [-0.39, 0.29) is 0 Å². The SMILES string of the molecule is CCCn1cnnc1C1CN(C)CC12CCN(Cc1cn[nH]c1-c1ccccc1)CC2. The summed E-state index contributed by atoms with van der Waals surface area (Å²) in [6.07, 6.45) is 7.44. The van der Waals surface area contributed by atoms with Gasteiger partial charge in [0.05, 0.1) is 11.9 Å². The first-order valence-corrected chi connectivity index (χ1v) is 11.5. The summed E-state index contributed by atoms with van der Waals surface area (Å²) in [5.41, 5.74) is 3.94. The lowest BCUT2D eigenvalue weighted by Crippen LogP contribution is -2.43. The zero-order valence-electron chi connectivity index (χ0n) is 18.7. The van der Waals surface area contributed by atoms with E-state index in [0.717, 1.165) is 51.4 Å². The molecule has 2 fully saturated rings. The van der Waals surface area contributed by atoms with Crippen molar-refractivity contribution < 1.29 is 0 Å². The molecule has 4 heterocycles. The number of benzene rings is 1. The Balaban J connectivity index is 1.30. The number of rotatable bonds is 6. The molecule has 1 unspecified atom stereocenters. The number of piperidine rings is 1. The highest BCUT2D eigenvalue weighted by atomic mass is 15.3. The summed E-state index contributed by atoms with van der Waals surface area (Å²) in [7, 11) is 2.26. The summed E-state index contributed by atoms with van der Waals surface area (Å²) in [4.78, 5) is 5.09. The van der Waals surface area contributed by atoms with Crippen molar-refractivity contribution in [2.45, 2.75) is 45.2 Å². The lowest BCUT2D eigenvalue weighted by molar-refractivity contribution is 0.0913. The summed E-state index contributed by atoms with van der Waals surface area (Å²) in [6.45, 7) is 8.65. The van der Waals surface area contributed by atoms with E-state index in [0.29, 0.717) is 11.3 Å². The predicted octanol–water partition coefficient (Wildman–Crippen LogP) is 3.39. The molecule has 0 amide bonds. The van der Waals surface area contributed by atoms with E-state index < -0.39 is 0 Å². The van der Waals surface area contributed by atoms with Crippen LogP contribution in [0.5, 0.6) is 0 Å². The van der Waals surface area contributed by atoms with Crippen LogP contribution in [0.15, 0.2) is 42.9 Å². The fourth-order valence-corrected chi connectivity index (χ4v) is 5.71. The number of nitrogens with one attached hydrogen (secondary N) is 1. The van der Waals surface area contributed by atoms with Crippen LogP contribution in [0.1, 0.15) is 43.5 Å². The first kappa shape index (κ1) is 20.4. The summed E-state index contributed by atoms with van der Waals surface area (Å²) in [6, 6.07) is 10.5. The molecule has 1 atom stereocenters. The first-order chi connectivity index (χ1) is 15.2. The third kappa shape index (κ3) is 3.92.